The second-order valence-corrected chi connectivity index (χ2v) is 9.82. The number of cyclic esters (lactones) is 1. The van der Waals surface area contributed by atoms with Gasteiger partial charge >= 0.3 is 5.97 Å². The Morgan fingerprint density at radius 1 is 1.17 bits per heavy atom. The molecule has 1 aromatic carbocycles. The monoisotopic (exact) mass is 475 g/mol. The Balaban J connectivity index is 1.67. The third-order valence-corrected chi connectivity index (χ3v) is 7.97. The second-order valence-electron chi connectivity index (χ2n) is 9.82. The molecular formula is C27H29N3O5. The molecule has 182 valence electrons. The van der Waals surface area contributed by atoms with Gasteiger partial charge in [-0.3, -0.25) is 9.36 Å². The number of carbonyl (C=O) groups is 1. The Morgan fingerprint density at radius 2 is 1.94 bits per heavy atom. The highest BCUT2D eigenvalue weighted by Crippen LogP contribution is 2.45. The second kappa shape index (κ2) is 7.90. The van der Waals surface area contributed by atoms with Crippen molar-refractivity contribution < 1.29 is 19.7 Å². The third-order valence-electron chi connectivity index (χ3n) is 7.97. The first kappa shape index (κ1) is 22.2. The summed E-state index contributed by atoms with van der Waals surface area (Å²) in [6.07, 6.45) is 3.09. The maximum atomic E-state index is 14.0. The van der Waals surface area contributed by atoms with Gasteiger partial charge in [-0.15, -0.1) is 0 Å². The zero-order valence-corrected chi connectivity index (χ0v) is 20.0. The molecule has 1 saturated heterocycles. The van der Waals surface area contributed by atoms with Crippen LogP contribution in [-0.4, -0.2) is 50.3 Å². The van der Waals surface area contributed by atoms with Gasteiger partial charge in [-0.05, 0) is 68.6 Å². The highest BCUT2D eigenvalue weighted by molar-refractivity contribution is 5.90. The first-order valence-electron chi connectivity index (χ1n) is 12.4. The van der Waals surface area contributed by atoms with Crippen LogP contribution in [0.3, 0.4) is 0 Å². The summed E-state index contributed by atoms with van der Waals surface area (Å²) < 4.78 is 7.06. The summed E-state index contributed by atoms with van der Waals surface area (Å²) in [6.45, 7) is 6.28. The number of aromatic nitrogens is 2. The molecule has 3 aromatic rings. The van der Waals surface area contributed by atoms with Crippen LogP contribution in [0.1, 0.15) is 61.4 Å². The normalized spacial score (nSPS) is 23.3. The maximum Gasteiger partial charge on any atom is 0.343 e. The molecule has 0 amide bonds. The molecule has 0 unspecified atom stereocenters. The van der Waals surface area contributed by atoms with Crippen molar-refractivity contribution in [3.63, 3.8) is 0 Å². The number of ether oxygens (including phenoxy) is 1. The quantitative estimate of drug-likeness (QED) is 0.559. The van der Waals surface area contributed by atoms with Gasteiger partial charge in [-0.25, -0.2) is 9.78 Å². The Bertz CT molecular complexity index is 1440. The molecule has 8 heteroatoms. The van der Waals surface area contributed by atoms with E-state index in [0.717, 1.165) is 48.0 Å². The van der Waals surface area contributed by atoms with Gasteiger partial charge in [0.2, 0.25) is 0 Å². The van der Waals surface area contributed by atoms with E-state index in [1.807, 2.05) is 0 Å². The summed E-state index contributed by atoms with van der Waals surface area (Å²) in [6, 6.07) is 6.68. The van der Waals surface area contributed by atoms with Gasteiger partial charge in [0.05, 0.1) is 28.5 Å². The largest absolute Gasteiger partial charge is 0.508 e. The van der Waals surface area contributed by atoms with Crippen LogP contribution in [0.2, 0.25) is 0 Å². The van der Waals surface area contributed by atoms with E-state index in [2.05, 4.69) is 11.8 Å². The lowest BCUT2D eigenvalue weighted by atomic mass is 9.86. The summed E-state index contributed by atoms with van der Waals surface area (Å²) >= 11 is 0. The Morgan fingerprint density at radius 3 is 2.66 bits per heavy atom. The topological polar surface area (TPSA) is 105 Å². The van der Waals surface area contributed by atoms with Crippen molar-refractivity contribution in [2.75, 3.05) is 19.6 Å². The van der Waals surface area contributed by atoms with Crippen LogP contribution in [-0.2, 0) is 28.2 Å². The number of hydrogen-bond acceptors (Lipinski definition) is 7. The van der Waals surface area contributed by atoms with Gasteiger partial charge in [-0.1, -0.05) is 13.8 Å². The number of nitrogens with zero attached hydrogens (tertiary/aromatic N) is 3. The summed E-state index contributed by atoms with van der Waals surface area (Å²) in [5.74, 6) is -0.545. The van der Waals surface area contributed by atoms with Crippen molar-refractivity contribution in [2.45, 2.75) is 57.8 Å². The van der Waals surface area contributed by atoms with E-state index in [1.54, 1.807) is 35.8 Å². The Hall–Kier alpha value is -3.23. The Labute approximate surface area is 202 Å². The van der Waals surface area contributed by atoms with Crippen molar-refractivity contribution in [3.05, 3.63) is 56.9 Å². The molecular weight excluding hydrogens is 446 g/mol. The van der Waals surface area contributed by atoms with E-state index in [4.69, 9.17) is 9.72 Å². The molecule has 5 heterocycles. The molecule has 1 fully saturated rings. The average molecular weight is 476 g/mol. The van der Waals surface area contributed by atoms with Gasteiger partial charge in [0.25, 0.3) is 5.56 Å². The molecule has 8 nitrogen and oxygen atoms in total. The van der Waals surface area contributed by atoms with E-state index < -0.39 is 11.6 Å². The molecule has 2 aromatic heterocycles. The predicted molar refractivity (Wildman–Crippen MR) is 130 cm³/mol. The standard InChI is InChI=1S/C27H29N3O5/c1-3-16-17-11-15(31)7-8-20(17)28-24-21-12-19-18(14-35-26(33)27(19,34)4-2)25(32)30(21)22(23(16)24)13-29-9-5-6-10-29/h7-8,11-12,22,31,34H,3-6,9-10,13-14H2,1-2H3/t22-,27+/m1/s1. The van der Waals surface area contributed by atoms with Crippen molar-refractivity contribution in [1.29, 1.82) is 0 Å². The van der Waals surface area contributed by atoms with E-state index in [0.29, 0.717) is 35.5 Å². The van der Waals surface area contributed by atoms with E-state index in [-0.39, 0.29) is 30.4 Å². The van der Waals surface area contributed by atoms with Gasteiger partial charge in [-0.2, -0.15) is 0 Å². The summed E-state index contributed by atoms with van der Waals surface area (Å²) in [4.78, 5) is 33.9. The summed E-state index contributed by atoms with van der Waals surface area (Å²) in [5, 5.41) is 22.3. The van der Waals surface area contributed by atoms with Crippen LogP contribution in [0.15, 0.2) is 29.1 Å². The number of likely N-dealkylation sites (tertiary alicyclic amines) is 1. The van der Waals surface area contributed by atoms with E-state index in [1.165, 1.54) is 0 Å². The number of hydrogen-bond donors (Lipinski definition) is 2. The molecule has 0 spiro atoms. The number of phenolic OH excluding ortho intramolecular Hbond substituents is 1. The zero-order chi connectivity index (χ0) is 24.5. The highest BCUT2D eigenvalue weighted by Gasteiger charge is 2.46. The smallest absolute Gasteiger partial charge is 0.343 e. The lowest BCUT2D eigenvalue weighted by Crippen LogP contribution is -2.45. The van der Waals surface area contributed by atoms with E-state index in [9.17, 15) is 19.8 Å². The molecule has 0 bridgehead atoms. The van der Waals surface area contributed by atoms with Crippen LogP contribution < -0.4 is 5.56 Å². The van der Waals surface area contributed by atoms with Crippen LogP contribution >= 0.6 is 0 Å². The zero-order valence-electron chi connectivity index (χ0n) is 20.0. The van der Waals surface area contributed by atoms with Crippen molar-refractivity contribution in [2.24, 2.45) is 0 Å². The number of benzene rings is 1. The average Bonchev–Trinajstić information content (AvgIpc) is 3.47. The molecule has 0 aliphatic carbocycles. The molecule has 2 atom stereocenters. The fourth-order valence-electron chi connectivity index (χ4n) is 6.14. The van der Waals surface area contributed by atoms with Crippen molar-refractivity contribution in [3.8, 4) is 17.1 Å². The predicted octanol–water partition coefficient (Wildman–Crippen LogP) is 2.98. The van der Waals surface area contributed by atoms with Crippen LogP contribution in [0.5, 0.6) is 5.75 Å². The number of phenols is 1. The number of carbonyl (C=O) groups excluding carboxylic acids is 1. The number of rotatable bonds is 4. The van der Waals surface area contributed by atoms with Gasteiger partial charge in [0, 0.05) is 23.1 Å². The number of aromatic hydroxyl groups is 1. The van der Waals surface area contributed by atoms with Crippen LogP contribution in [0.4, 0.5) is 0 Å². The molecule has 35 heavy (non-hydrogen) atoms. The molecule has 2 N–H and O–H groups in total. The first-order chi connectivity index (χ1) is 16.9. The number of pyridine rings is 2. The third kappa shape index (κ3) is 3.09. The van der Waals surface area contributed by atoms with Gasteiger partial charge < -0.3 is 19.8 Å². The lowest BCUT2D eigenvalue weighted by Gasteiger charge is -2.32. The lowest BCUT2D eigenvalue weighted by molar-refractivity contribution is -0.172. The fraction of sp³-hybridized carbons (Fsp3) is 0.444. The number of esters is 1. The minimum atomic E-state index is -1.86. The van der Waals surface area contributed by atoms with Crippen molar-refractivity contribution in [1.82, 2.24) is 14.5 Å². The van der Waals surface area contributed by atoms with Crippen LogP contribution in [0.25, 0.3) is 22.3 Å². The molecule has 0 saturated carbocycles. The van der Waals surface area contributed by atoms with Gasteiger partial charge in [0.1, 0.15) is 12.4 Å². The first-order valence-corrected chi connectivity index (χ1v) is 12.4. The molecule has 3 aliphatic rings. The summed E-state index contributed by atoms with van der Waals surface area (Å²) in [5.41, 5.74) is 2.68. The number of aryl methyl sites for hydroxylation is 1. The van der Waals surface area contributed by atoms with Crippen LogP contribution in [0, 0.1) is 0 Å². The fourth-order valence-corrected chi connectivity index (χ4v) is 6.14. The Kier molecular flexibility index (Phi) is 5.02. The highest BCUT2D eigenvalue weighted by atomic mass is 16.6. The SMILES string of the molecule is CCc1c2c(nc3ccc(O)cc13)-c1cc3c(c(=O)n1[C@@H]2CN1CCCC1)COC(=O)[C@]3(O)CC. The molecule has 0 radical (unpaired) electrons. The maximum absolute atomic E-state index is 14.0. The molecule has 3 aliphatic heterocycles. The minimum Gasteiger partial charge on any atom is -0.508 e. The van der Waals surface area contributed by atoms with Crippen molar-refractivity contribution >= 4 is 16.9 Å². The van der Waals surface area contributed by atoms with E-state index >= 15 is 0 Å². The van der Waals surface area contributed by atoms with Gasteiger partial charge in [0.15, 0.2) is 5.60 Å². The number of aliphatic hydroxyl groups is 1. The molecule has 6 rings (SSSR count). The number of fused-ring (bicyclic) bond motifs is 5. The summed E-state index contributed by atoms with van der Waals surface area (Å²) in [7, 11) is 0. The minimum absolute atomic E-state index is 0.108.